The summed E-state index contributed by atoms with van der Waals surface area (Å²) in [5, 5.41) is 0. The third-order valence-electron chi connectivity index (χ3n) is 4.36. The van der Waals surface area contributed by atoms with E-state index in [2.05, 4.69) is 15.9 Å². The van der Waals surface area contributed by atoms with Gasteiger partial charge >= 0.3 is 0 Å². The summed E-state index contributed by atoms with van der Waals surface area (Å²) < 4.78 is 28.7. The second-order valence-electron chi connectivity index (χ2n) is 6.04. The van der Waals surface area contributed by atoms with Gasteiger partial charge in [-0.2, -0.15) is 4.31 Å². The number of hydrogen-bond acceptors (Lipinski definition) is 2. The highest BCUT2D eigenvalue weighted by Gasteiger charge is 2.38. The van der Waals surface area contributed by atoms with Gasteiger partial charge in [-0.1, -0.05) is 42.5 Å². The smallest absolute Gasteiger partial charge is 0.207 e. The predicted molar refractivity (Wildman–Crippen MR) is 95.5 cm³/mol. The molecule has 0 radical (unpaired) electrons. The largest absolute Gasteiger partial charge is 0.244 e. The maximum Gasteiger partial charge on any atom is 0.244 e. The number of hydrogen-bond donors (Lipinski definition) is 0. The highest BCUT2D eigenvalue weighted by atomic mass is 79.9. The summed E-state index contributed by atoms with van der Waals surface area (Å²) in [7, 11) is -3.55. The van der Waals surface area contributed by atoms with Crippen molar-refractivity contribution < 1.29 is 8.42 Å². The van der Waals surface area contributed by atoms with Crippen molar-refractivity contribution in [3.8, 4) is 0 Å². The Bertz CT molecular complexity index is 773. The molecule has 0 heterocycles. The van der Waals surface area contributed by atoms with Crippen LogP contribution in [0.4, 0.5) is 0 Å². The molecule has 3 rings (SSSR count). The van der Waals surface area contributed by atoms with E-state index < -0.39 is 10.0 Å². The Labute approximate surface area is 146 Å². The van der Waals surface area contributed by atoms with E-state index in [-0.39, 0.29) is 6.04 Å². The zero-order valence-corrected chi connectivity index (χ0v) is 15.4. The highest BCUT2D eigenvalue weighted by molar-refractivity contribution is 9.10. The van der Waals surface area contributed by atoms with Crippen molar-refractivity contribution in [2.24, 2.45) is 5.92 Å². The van der Waals surface area contributed by atoms with Crippen LogP contribution in [0.15, 0.2) is 64.0 Å². The predicted octanol–water partition coefficient (Wildman–Crippen LogP) is 4.44. The average Bonchev–Trinajstić information content (AvgIpc) is 3.38. The van der Waals surface area contributed by atoms with Crippen LogP contribution in [0.5, 0.6) is 0 Å². The maximum absolute atomic E-state index is 13.2. The molecule has 1 aliphatic carbocycles. The molecule has 1 aliphatic rings. The van der Waals surface area contributed by atoms with E-state index in [0.29, 0.717) is 21.8 Å². The fraction of sp³-hybridized carbons (Fsp3) is 0.333. The number of halogens is 1. The van der Waals surface area contributed by atoms with Crippen LogP contribution in [0.2, 0.25) is 0 Å². The third-order valence-corrected chi connectivity index (χ3v) is 7.31. The molecule has 122 valence electrons. The molecule has 0 aromatic heterocycles. The molecule has 5 heteroatoms. The number of rotatable bonds is 6. The second kappa shape index (κ2) is 6.75. The fourth-order valence-electron chi connectivity index (χ4n) is 2.81. The van der Waals surface area contributed by atoms with E-state index in [1.165, 1.54) is 0 Å². The van der Waals surface area contributed by atoms with E-state index >= 15 is 0 Å². The van der Waals surface area contributed by atoms with Crippen LogP contribution in [-0.2, 0) is 16.6 Å². The molecule has 0 saturated heterocycles. The minimum absolute atomic E-state index is 0.00677. The van der Waals surface area contributed by atoms with Crippen LogP contribution in [0.25, 0.3) is 0 Å². The van der Waals surface area contributed by atoms with Crippen molar-refractivity contribution in [2.45, 2.75) is 37.2 Å². The third kappa shape index (κ3) is 3.67. The molecule has 1 atom stereocenters. The molecule has 0 amide bonds. The van der Waals surface area contributed by atoms with E-state index in [1.54, 1.807) is 22.5 Å². The monoisotopic (exact) mass is 393 g/mol. The molecule has 1 fully saturated rings. The van der Waals surface area contributed by atoms with Crippen LogP contribution in [0, 0.1) is 5.92 Å². The number of benzene rings is 2. The minimum Gasteiger partial charge on any atom is -0.207 e. The molecule has 0 N–H and O–H groups in total. The Balaban J connectivity index is 1.98. The SMILES string of the molecule is C[C@@H](C1CC1)N(Cc1ccccc1)S(=O)(=O)c1ccccc1Br. The van der Waals surface area contributed by atoms with Crippen molar-refractivity contribution in [1.29, 1.82) is 0 Å². The Morgan fingerprint density at radius 3 is 2.30 bits per heavy atom. The van der Waals surface area contributed by atoms with Crippen molar-refractivity contribution in [1.82, 2.24) is 4.31 Å². The molecule has 3 nitrogen and oxygen atoms in total. The molecule has 2 aromatic rings. The Morgan fingerprint density at radius 2 is 1.70 bits per heavy atom. The Hall–Kier alpha value is -1.17. The van der Waals surface area contributed by atoms with Crippen LogP contribution in [0.1, 0.15) is 25.3 Å². The summed E-state index contributed by atoms with van der Waals surface area (Å²) in [6.07, 6.45) is 2.22. The van der Waals surface area contributed by atoms with Crippen LogP contribution >= 0.6 is 15.9 Å². The molecule has 1 saturated carbocycles. The average molecular weight is 394 g/mol. The summed E-state index contributed by atoms with van der Waals surface area (Å²) in [5.41, 5.74) is 1.01. The quantitative estimate of drug-likeness (QED) is 0.727. The van der Waals surface area contributed by atoms with Crippen molar-refractivity contribution >= 4 is 26.0 Å². The first kappa shape index (κ1) is 16.7. The summed E-state index contributed by atoms with van der Waals surface area (Å²) >= 11 is 3.38. The zero-order valence-electron chi connectivity index (χ0n) is 13.0. The molecule has 23 heavy (non-hydrogen) atoms. The Morgan fingerprint density at radius 1 is 1.09 bits per heavy atom. The van der Waals surface area contributed by atoms with Gasteiger partial charge in [0.1, 0.15) is 0 Å². The molecular formula is C18H20BrNO2S. The maximum atomic E-state index is 13.2. The van der Waals surface area contributed by atoms with E-state index in [0.717, 1.165) is 18.4 Å². The van der Waals surface area contributed by atoms with E-state index in [4.69, 9.17) is 0 Å². The summed E-state index contributed by atoms with van der Waals surface area (Å²) in [6, 6.07) is 16.8. The standard InChI is InChI=1S/C18H20BrNO2S/c1-14(16-11-12-16)20(13-15-7-3-2-4-8-15)23(21,22)18-10-6-5-9-17(18)19/h2-10,14,16H,11-13H2,1H3/t14-/m0/s1. The van der Waals surface area contributed by atoms with Crippen molar-refractivity contribution in [2.75, 3.05) is 0 Å². The summed E-state index contributed by atoms with van der Waals surface area (Å²) in [6.45, 7) is 2.43. The first-order valence-corrected chi connectivity index (χ1v) is 10.0. The lowest BCUT2D eigenvalue weighted by Crippen LogP contribution is -2.39. The number of nitrogens with zero attached hydrogens (tertiary/aromatic N) is 1. The van der Waals surface area contributed by atoms with Crippen molar-refractivity contribution in [3.63, 3.8) is 0 Å². The van der Waals surface area contributed by atoms with Gasteiger partial charge in [0.25, 0.3) is 0 Å². The highest BCUT2D eigenvalue weighted by Crippen LogP contribution is 2.38. The molecule has 2 aromatic carbocycles. The van der Waals surface area contributed by atoms with Gasteiger partial charge in [0, 0.05) is 17.1 Å². The zero-order chi connectivity index (χ0) is 16.4. The normalized spacial score (nSPS) is 16.5. The first-order chi connectivity index (χ1) is 11.0. The molecule has 0 aliphatic heterocycles. The van der Waals surface area contributed by atoms with Crippen LogP contribution < -0.4 is 0 Å². The first-order valence-electron chi connectivity index (χ1n) is 7.80. The van der Waals surface area contributed by atoms with Gasteiger partial charge in [0.15, 0.2) is 0 Å². The van der Waals surface area contributed by atoms with E-state index in [1.807, 2.05) is 43.3 Å². The van der Waals surface area contributed by atoms with Gasteiger partial charge in [-0.05, 0) is 59.3 Å². The summed E-state index contributed by atoms with van der Waals surface area (Å²) in [4.78, 5) is 0.337. The molecule has 0 spiro atoms. The van der Waals surface area contributed by atoms with E-state index in [9.17, 15) is 8.42 Å². The second-order valence-corrected chi connectivity index (χ2v) is 8.76. The topological polar surface area (TPSA) is 37.4 Å². The Kier molecular flexibility index (Phi) is 4.90. The van der Waals surface area contributed by atoms with Crippen LogP contribution in [0.3, 0.4) is 0 Å². The lowest BCUT2D eigenvalue weighted by Gasteiger charge is -2.29. The van der Waals surface area contributed by atoms with Gasteiger partial charge < -0.3 is 0 Å². The molecule has 0 unspecified atom stereocenters. The van der Waals surface area contributed by atoms with Gasteiger partial charge in [-0.25, -0.2) is 8.42 Å². The summed E-state index contributed by atoms with van der Waals surface area (Å²) in [5.74, 6) is 0.468. The van der Waals surface area contributed by atoms with Gasteiger partial charge in [0.2, 0.25) is 10.0 Å². The molecule has 0 bridgehead atoms. The fourth-order valence-corrected chi connectivity index (χ4v) is 5.45. The van der Waals surface area contributed by atoms with Crippen molar-refractivity contribution in [3.05, 3.63) is 64.6 Å². The lowest BCUT2D eigenvalue weighted by atomic mass is 10.2. The minimum atomic E-state index is -3.55. The van der Waals surface area contributed by atoms with Gasteiger partial charge in [0.05, 0.1) is 4.90 Å². The number of sulfonamides is 1. The molecular weight excluding hydrogens is 374 g/mol. The van der Waals surface area contributed by atoms with Crippen LogP contribution in [-0.4, -0.2) is 18.8 Å². The van der Waals surface area contributed by atoms with Gasteiger partial charge in [-0.3, -0.25) is 0 Å². The van der Waals surface area contributed by atoms with Gasteiger partial charge in [-0.15, -0.1) is 0 Å². The lowest BCUT2D eigenvalue weighted by molar-refractivity contribution is 0.303.